The number of aryl methyl sites for hydroxylation is 1. The first-order valence-electron chi connectivity index (χ1n) is 9.76. The number of halogens is 2. The number of hydrogen-bond acceptors (Lipinski definition) is 3. The molecule has 3 N–H and O–H groups in total. The molecule has 0 unspecified atom stereocenters. The van der Waals surface area contributed by atoms with Gasteiger partial charge in [0, 0.05) is 38.2 Å². The molecular formula is C20H30F2N4O2. The first kappa shape index (κ1) is 21.9. The summed E-state index contributed by atoms with van der Waals surface area (Å²) in [6.45, 7) is 0.328. The first-order valence-corrected chi connectivity index (χ1v) is 9.76. The largest absolute Gasteiger partial charge is 0.434 e. The van der Waals surface area contributed by atoms with E-state index in [1.165, 1.54) is 12.5 Å². The number of rotatable bonds is 8. The van der Waals surface area contributed by atoms with Crippen LogP contribution in [-0.2, 0) is 11.3 Å². The molecule has 1 saturated carbocycles. The molecule has 1 aromatic carbocycles. The molecule has 0 bridgehead atoms. The predicted molar refractivity (Wildman–Crippen MR) is 106 cm³/mol. The van der Waals surface area contributed by atoms with Crippen molar-refractivity contribution in [3.05, 3.63) is 29.3 Å². The van der Waals surface area contributed by atoms with Gasteiger partial charge in [-0.05, 0) is 25.8 Å². The number of carbonyl (C=O) groups is 1. The monoisotopic (exact) mass is 396 g/mol. The molecule has 28 heavy (non-hydrogen) atoms. The highest BCUT2D eigenvalue weighted by atomic mass is 19.3. The zero-order valence-corrected chi connectivity index (χ0v) is 16.6. The predicted octanol–water partition coefficient (Wildman–Crippen LogP) is 2.96. The fourth-order valence-corrected chi connectivity index (χ4v) is 3.33. The third kappa shape index (κ3) is 7.32. The average molecular weight is 396 g/mol. The number of hydrogen-bond donors (Lipinski definition) is 3. The van der Waals surface area contributed by atoms with Crippen molar-refractivity contribution in [2.45, 2.75) is 52.2 Å². The number of ether oxygens (including phenoxy) is 1. The maximum atomic E-state index is 12.6. The Hall–Kier alpha value is -2.38. The third-order valence-electron chi connectivity index (χ3n) is 4.79. The Bertz CT molecular complexity index is 662. The van der Waals surface area contributed by atoms with Crippen molar-refractivity contribution in [2.24, 2.45) is 10.9 Å². The zero-order chi connectivity index (χ0) is 20.4. The summed E-state index contributed by atoms with van der Waals surface area (Å²) in [5, 5.41) is 9.14. The molecule has 1 aliphatic rings. The van der Waals surface area contributed by atoms with E-state index in [0.29, 0.717) is 24.6 Å². The Morgan fingerprint density at radius 1 is 1.18 bits per heavy atom. The van der Waals surface area contributed by atoms with E-state index in [2.05, 4.69) is 25.7 Å². The highest BCUT2D eigenvalue weighted by Crippen LogP contribution is 2.23. The molecule has 0 heterocycles. The number of nitrogens with one attached hydrogen (secondary N) is 3. The van der Waals surface area contributed by atoms with Crippen molar-refractivity contribution in [1.29, 1.82) is 0 Å². The van der Waals surface area contributed by atoms with Gasteiger partial charge in [0.2, 0.25) is 5.91 Å². The van der Waals surface area contributed by atoms with Crippen LogP contribution in [0.25, 0.3) is 0 Å². The van der Waals surface area contributed by atoms with Crippen LogP contribution in [0.3, 0.4) is 0 Å². The number of carbonyl (C=O) groups excluding carboxylic acids is 1. The van der Waals surface area contributed by atoms with Crippen LogP contribution in [0.15, 0.2) is 23.2 Å². The number of alkyl halides is 2. The van der Waals surface area contributed by atoms with Crippen molar-refractivity contribution in [1.82, 2.24) is 16.0 Å². The van der Waals surface area contributed by atoms with E-state index in [9.17, 15) is 13.6 Å². The van der Waals surface area contributed by atoms with E-state index in [4.69, 9.17) is 0 Å². The maximum Gasteiger partial charge on any atom is 0.387 e. The van der Waals surface area contributed by atoms with Gasteiger partial charge in [-0.25, -0.2) is 0 Å². The SMILES string of the molecule is CN=C(NCCNC(=O)C1CCCCC1)NCc1cc(C)ccc1OC(F)F. The summed E-state index contributed by atoms with van der Waals surface area (Å²) in [5.41, 5.74) is 1.57. The molecule has 1 fully saturated rings. The lowest BCUT2D eigenvalue weighted by Gasteiger charge is -2.21. The Morgan fingerprint density at radius 3 is 2.57 bits per heavy atom. The molecule has 2 rings (SSSR count). The molecule has 0 aliphatic heterocycles. The van der Waals surface area contributed by atoms with Crippen LogP contribution in [0.1, 0.15) is 43.2 Å². The molecule has 0 aromatic heterocycles. The number of amides is 1. The van der Waals surface area contributed by atoms with Crippen molar-refractivity contribution in [3.63, 3.8) is 0 Å². The van der Waals surface area contributed by atoms with E-state index in [-0.39, 0.29) is 24.1 Å². The van der Waals surface area contributed by atoms with Gasteiger partial charge in [-0.1, -0.05) is 37.0 Å². The molecule has 0 spiro atoms. The third-order valence-corrected chi connectivity index (χ3v) is 4.79. The van der Waals surface area contributed by atoms with Crippen molar-refractivity contribution in [2.75, 3.05) is 20.1 Å². The number of aliphatic imine (C=N–C) groups is 1. The van der Waals surface area contributed by atoms with E-state index in [1.807, 2.05) is 6.92 Å². The van der Waals surface area contributed by atoms with Gasteiger partial charge in [0.15, 0.2) is 5.96 Å². The second-order valence-electron chi connectivity index (χ2n) is 6.97. The van der Waals surface area contributed by atoms with Crippen molar-refractivity contribution < 1.29 is 18.3 Å². The highest BCUT2D eigenvalue weighted by molar-refractivity contribution is 5.80. The van der Waals surface area contributed by atoms with Gasteiger partial charge in [0.05, 0.1) is 0 Å². The fourth-order valence-electron chi connectivity index (χ4n) is 3.33. The molecule has 1 amide bonds. The zero-order valence-electron chi connectivity index (χ0n) is 16.6. The normalized spacial score (nSPS) is 15.4. The Morgan fingerprint density at radius 2 is 1.89 bits per heavy atom. The Balaban J connectivity index is 1.75. The van der Waals surface area contributed by atoms with Crippen LogP contribution in [0.4, 0.5) is 8.78 Å². The Kier molecular flexibility index (Phi) is 8.97. The van der Waals surface area contributed by atoms with Crippen LogP contribution >= 0.6 is 0 Å². The summed E-state index contributed by atoms with van der Waals surface area (Å²) in [5.74, 6) is 0.929. The van der Waals surface area contributed by atoms with Gasteiger partial charge in [-0.15, -0.1) is 0 Å². The summed E-state index contributed by atoms with van der Waals surface area (Å²) < 4.78 is 29.7. The lowest BCUT2D eigenvalue weighted by molar-refractivity contribution is -0.125. The molecular weight excluding hydrogens is 366 g/mol. The molecule has 0 atom stereocenters. The minimum Gasteiger partial charge on any atom is -0.434 e. The average Bonchev–Trinajstić information content (AvgIpc) is 2.69. The quantitative estimate of drug-likeness (QED) is 0.359. The maximum absolute atomic E-state index is 12.6. The summed E-state index contributed by atoms with van der Waals surface area (Å²) in [6, 6.07) is 5.06. The minimum absolute atomic E-state index is 0.123. The van der Waals surface area contributed by atoms with Crippen LogP contribution in [0, 0.1) is 12.8 Å². The molecule has 0 saturated heterocycles. The van der Waals surface area contributed by atoms with E-state index in [0.717, 1.165) is 31.2 Å². The topological polar surface area (TPSA) is 74.8 Å². The van der Waals surface area contributed by atoms with Crippen LogP contribution in [0.2, 0.25) is 0 Å². The fraction of sp³-hybridized carbons (Fsp3) is 0.600. The van der Waals surface area contributed by atoms with Gasteiger partial charge in [-0.3, -0.25) is 9.79 Å². The van der Waals surface area contributed by atoms with Crippen LogP contribution in [0.5, 0.6) is 5.75 Å². The Labute approximate surface area is 165 Å². The molecule has 6 nitrogen and oxygen atoms in total. The summed E-state index contributed by atoms with van der Waals surface area (Å²) in [4.78, 5) is 16.2. The van der Waals surface area contributed by atoms with Gasteiger partial charge in [0.1, 0.15) is 5.75 Å². The van der Waals surface area contributed by atoms with Gasteiger partial charge < -0.3 is 20.7 Å². The molecule has 1 aromatic rings. The lowest BCUT2D eigenvalue weighted by atomic mass is 9.89. The van der Waals surface area contributed by atoms with Gasteiger partial charge in [-0.2, -0.15) is 8.78 Å². The molecule has 0 radical (unpaired) electrons. The molecule has 8 heteroatoms. The lowest BCUT2D eigenvalue weighted by Crippen LogP contribution is -2.42. The minimum atomic E-state index is -2.87. The number of benzene rings is 1. The number of guanidine groups is 1. The van der Waals surface area contributed by atoms with Gasteiger partial charge in [0.25, 0.3) is 0 Å². The number of nitrogens with zero attached hydrogens (tertiary/aromatic N) is 1. The summed E-state index contributed by atoms with van der Waals surface area (Å²) in [6.07, 6.45) is 5.43. The van der Waals surface area contributed by atoms with E-state index < -0.39 is 6.61 Å². The van der Waals surface area contributed by atoms with E-state index in [1.54, 1.807) is 19.2 Å². The summed E-state index contributed by atoms with van der Waals surface area (Å²) >= 11 is 0. The van der Waals surface area contributed by atoms with Crippen LogP contribution < -0.4 is 20.7 Å². The standard InChI is InChI=1S/C20H30F2N4O2/c1-14-8-9-17(28-19(21)22)16(12-14)13-26-20(23-2)25-11-10-24-18(27)15-6-4-3-5-7-15/h8-9,12,15,19H,3-7,10-11,13H2,1-2H3,(H,24,27)(H2,23,25,26). The van der Waals surface area contributed by atoms with Crippen LogP contribution in [-0.4, -0.2) is 38.6 Å². The second-order valence-corrected chi connectivity index (χ2v) is 6.97. The highest BCUT2D eigenvalue weighted by Gasteiger charge is 2.20. The smallest absolute Gasteiger partial charge is 0.387 e. The first-order chi connectivity index (χ1) is 13.5. The molecule has 1 aliphatic carbocycles. The second kappa shape index (κ2) is 11.5. The van der Waals surface area contributed by atoms with E-state index >= 15 is 0 Å². The summed E-state index contributed by atoms with van der Waals surface area (Å²) in [7, 11) is 1.63. The van der Waals surface area contributed by atoms with Gasteiger partial charge >= 0.3 is 6.61 Å². The van der Waals surface area contributed by atoms with Crippen molar-refractivity contribution in [3.8, 4) is 5.75 Å². The molecule has 156 valence electrons. The van der Waals surface area contributed by atoms with Crippen molar-refractivity contribution >= 4 is 11.9 Å².